The Morgan fingerprint density at radius 2 is 2.58 bits per heavy atom. The lowest BCUT2D eigenvalue weighted by atomic mass is 10.2. The molecule has 1 fully saturated rings. The van der Waals surface area contributed by atoms with Gasteiger partial charge in [0.05, 0.1) is 0 Å². The zero-order chi connectivity index (χ0) is 8.97. The fourth-order valence-corrected chi connectivity index (χ4v) is 1.53. The lowest BCUT2D eigenvalue weighted by Gasteiger charge is -2.18. The van der Waals surface area contributed by atoms with E-state index >= 15 is 0 Å². The molecule has 3 heteroatoms. The topological polar surface area (TPSA) is 32.3 Å². The summed E-state index contributed by atoms with van der Waals surface area (Å²) in [6, 6.07) is 0.522. The summed E-state index contributed by atoms with van der Waals surface area (Å²) in [7, 11) is 2.09. The molecule has 1 saturated heterocycles. The van der Waals surface area contributed by atoms with Gasteiger partial charge in [0.1, 0.15) is 0 Å². The van der Waals surface area contributed by atoms with Gasteiger partial charge in [-0.05, 0) is 32.5 Å². The fourth-order valence-electron chi connectivity index (χ4n) is 1.53. The Balaban J connectivity index is 2.22. The quantitative estimate of drug-likeness (QED) is 0.618. The molecule has 1 heterocycles. The summed E-state index contributed by atoms with van der Waals surface area (Å²) in [5.41, 5.74) is 0. The average molecular weight is 168 g/mol. The van der Waals surface area contributed by atoms with Crippen molar-refractivity contribution in [1.29, 1.82) is 0 Å². The molecule has 0 aliphatic carbocycles. The van der Waals surface area contributed by atoms with Crippen molar-refractivity contribution in [2.45, 2.75) is 18.9 Å². The van der Waals surface area contributed by atoms with E-state index in [2.05, 4.69) is 23.8 Å². The van der Waals surface area contributed by atoms with Gasteiger partial charge in [0.2, 0.25) is 5.91 Å². The number of nitrogens with zero attached hydrogens (tertiary/aromatic N) is 1. The molecule has 0 aromatic heterocycles. The highest BCUT2D eigenvalue weighted by Crippen LogP contribution is 2.13. The maximum atomic E-state index is 10.8. The zero-order valence-corrected chi connectivity index (χ0v) is 7.55. The van der Waals surface area contributed by atoms with Crippen molar-refractivity contribution in [3.8, 4) is 0 Å². The maximum absolute atomic E-state index is 10.8. The zero-order valence-electron chi connectivity index (χ0n) is 7.55. The van der Waals surface area contributed by atoms with E-state index in [1.54, 1.807) is 0 Å². The van der Waals surface area contributed by atoms with E-state index < -0.39 is 0 Å². The van der Waals surface area contributed by atoms with Gasteiger partial charge >= 0.3 is 0 Å². The van der Waals surface area contributed by atoms with Crippen LogP contribution in [0.4, 0.5) is 0 Å². The van der Waals surface area contributed by atoms with Crippen molar-refractivity contribution in [3.63, 3.8) is 0 Å². The van der Waals surface area contributed by atoms with E-state index in [1.165, 1.54) is 18.9 Å². The van der Waals surface area contributed by atoms with Crippen molar-refractivity contribution >= 4 is 5.91 Å². The number of hydrogen-bond donors (Lipinski definition) is 1. The van der Waals surface area contributed by atoms with Gasteiger partial charge in [-0.25, -0.2) is 0 Å². The SMILES string of the molecule is C=CC(=O)NC[C@H]1CCCN1C. The Bertz CT molecular complexity index is 179. The molecule has 12 heavy (non-hydrogen) atoms. The van der Waals surface area contributed by atoms with Crippen LogP contribution in [0.3, 0.4) is 0 Å². The molecule has 68 valence electrons. The minimum atomic E-state index is -0.0738. The van der Waals surface area contributed by atoms with Crippen LogP contribution in [0.2, 0.25) is 0 Å². The third-order valence-electron chi connectivity index (χ3n) is 2.37. The number of likely N-dealkylation sites (N-methyl/N-ethyl adjacent to an activating group) is 1. The van der Waals surface area contributed by atoms with Gasteiger partial charge in [0.15, 0.2) is 0 Å². The molecular weight excluding hydrogens is 152 g/mol. The predicted octanol–water partition coefficient (Wildman–Crippen LogP) is 0.383. The molecular formula is C9H16N2O. The number of rotatable bonds is 3. The van der Waals surface area contributed by atoms with Crippen LogP contribution < -0.4 is 5.32 Å². The molecule has 1 aliphatic heterocycles. The van der Waals surface area contributed by atoms with Crippen LogP contribution in [0, 0.1) is 0 Å². The van der Waals surface area contributed by atoms with Crippen molar-refractivity contribution in [1.82, 2.24) is 10.2 Å². The van der Waals surface area contributed by atoms with Crippen molar-refractivity contribution in [3.05, 3.63) is 12.7 Å². The van der Waals surface area contributed by atoms with E-state index in [-0.39, 0.29) is 5.91 Å². The second kappa shape index (κ2) is 4.26. The number of hydrogen-bond acceptors (Lipinski definition) is 2. The lowest BCUT2D eigenvalue weighted by Crippen LogP contribution is -2.37. The highest BCUT2D eigenvalue weighted by atomic mass is 16.1. The molecule has 0 bridgehead atoms. The Kier molecular flexibility index (Phi) is 3.29. The lowest BCUT2D eigenvalue weighted by molar-refractivity contribution is -0.116. The highest BCUT2D eigenvalue weighted by Gasteiger charge is 2.20. The van der Waals surface area contributed by atoms with Crippen LogP contribution in [0.5, 0.6) is 0 Å². The first-order valence-electron chi connectivity index (χ1n) is 4.34. The second-order valence-electron chi connectivity index (χ2n) is 3.23. The van der Waals surface area contributed by atoms with E-state index in [0.717, 1.165) is 13.1 Å². The van der Waals surface area contributed by atoms with Crippen molar-refractivity contribution in [2.24, 2.45) is 0 Å². The van der Waals surface area contributed by atoms with E-state index in [4.69, 9.17) is 0 Å². The molecule has 0 radical (unpaired) electrons. The van der Waals surface area contributed by atoms with Gasteiger partial charge in [-0.1, -0.05) is 6.58 Å². The molecule has 0 unspecified atom stereocenters. The van der Waals surface area contributed by atoms with E-state index in [1.807, 2.05) is 0 Å². The summed E-state index contributed by atoms with van der Waals surface area (Å²) in [4.78, 5) is 13.1. The monoisotopic (exact) mass is 168 g/mol. The Morgan fingerprint density at radius 3 is 3.08 bits per heavy atom. The number of amides is 1. The third-order valence-corrected chi connectivity index (χ3v) is 2.37. The molecule has 0 spiro atoms. The standard InChI is InChI=1S/C9H16N2O/c1-3-9(12)10-7-8-5-4-6-11(8)2/h3,8H,1,4-7H2,2H3,(H,10,12)/t8-/m1/s1. The Hall–Kier alpha value is -0.830. The molecule has 1 N–H and O–H groups in total. The molecule has 3 nitrogen and oxygen atoms in total. The molecule has 0 aromatic carbocycles. The first-order valence-corrected chi connectivity index (χ1v) is 4.34. The Labute approximate surface area is 73.4 Å². The first kappa shape index (κ1) is 9.26. The summed E-state index contributed by atoms with van der Waals surface area (Å²) < 4.78 is 0. The Morgan fingerprint density at radius 1 is 1.83 bits per heavy atom. The van der Waals surface area contributed by atoms with Crippen LogP contribution in [-0.4, -0.2) is 37.0 Å². The van der Waals surface area contributed by atoms with Gasteiger partial charge in [-0.15, -0.1) is 0 Å². The number of carbonyl (C=O) groups excluding carboxylic acids is 1. The molecule has 1 rings (SSSR count). The maximum Gasteiger partial charge on any atom is 0.243 e. The first-order chi connectivity index (χ1) is 5.74. The third kappa shape index (κ3) is 2.34. The summed E-state index contributed by atoms with van der Waals surface area (Å²) >= 11 is 0. The predicted molar refractivity (Wildman–Crippen MR) is 48.9 cm³/mol. The minimum Gasteiger partial charge on any atom is -0.351 e. The molecule has 0 aromatic rings. The molecule has 1 atom stereocenters. The fraction of sp³-hybridized carbons (Fsp3) is 0.667. The number of carbonyl (C=O) groups is 1. The van der Waals surface area contributed by atoms with Crippen LogP contribution in [-0.2, 0) is 4.79 Å². The summed E-state index contributed by atoms with van der Waals surface area (Å²) in [6.45, 7) is 5.30. The van der Waals surface area contributed by atoms with Crippen LogP contribution in [0.15, 0.2) is 12.7 Å². The van der Waals surface area contributed by atoms with Crippen LogP contribution >= 0.6 is 0 Å². The largest absolute Gasteiger partial charge is 0.351 e. The van der Waals surface area contributed by atoms with Gasteiger partial charge in [0, 0.05) is 12.6 Å². The van der Waals surface area contributed by atoms with Crippen molar-refractivity contribution in [2.75, 3.05) is 20.1 Å². The van der Waals surface area contributed by atoms with Gasteiger partial charge in [0.25, 0.3) is 0 Å². The molecule has 1 aliphatic rings. The number of nitrogens with one attached hydrogen (secondary N) is 1. The van der Waals surface area contributed by atoms with Gasteiger partial charge in [-0.2, -0.15) is 0 Å². The minimum absolute atomic E-state index is 0.0738. The summed E-state index contributed by atoms with van der Waals surface area (Å²) in [5.74, 6) is -0.0738. The van der Waals surface area contributed by atoms with Gasteiger partial charge < -0.3 is 10.2 Å². The van der Waals surface area contributed by atoms with E-state index in [0.29, 0.717) is 6.04 Å². The van der Waals surface area contributed by atoms with Crippen LogP contribution in [0.1, 0.15) is 12.8 Å². The smallest absolute Gasteiger partial charge is 0.243 e. The summed E-state index contributed by atoms with van der Waals surface area (Å²) in [6.07, 6.45) is 3.74. The molecule has 0 saturated carbocycles. The highest BCUT2D eigenvalue weighted by molar-refractivity contribution is 5.86. The van der Waals surface area contributed by atoms with E-state index in [9.17, 15) is 4.79 Å². The van der Waals surface area contributed by atoms with Crippen molar-refractivity contribution < 1.29 is 4.79 Å². The summed E-state index contributed by atoms with van der Waals surface area (Å²) in [5, 5.41) is 2.81. The second-order valence-corrected chi connectivity index (χ2v) is 3.23. The normalized spacial score (nSPS) is 23.9. The van der Waals surface area contributed by atoms with Gasteiger partial charge in [-0.3, -0.25) is 4.79 Å². The van der Waals surface area contributed by atoms with Crippen LogP contribution in [0.25, 0.3) is 0 Å². The average Bonchev–Trinajstić information content (AvgIpc) is 2.47. The number of likely N-dealkylation sites (tertiary alicyclic amines) is 1. The molecule has 1 amide bonds.